The van der Waals surface area contributed by atoms with Gasteiger partial charge in [0.2, 0.25) is 0 Å². The summed E-state index contributed by atoms with van der Waals surface area (Å²) in [5.41, 5.74) is 3.93. The highest BCUT2D eigenvalue weighted by Gasteiger charge is 2.03. The number of phenolic OH excluding ortho intramolecular Hbond substituents is 1. The monoisotopic (exact) mass is 299 g/mol. The number of carbonyl (C=O) groups excluding carboxylic acids is 1. The van der Waals surface area contributed by atoms with Gasteiger partial charge in [-0.25, -0.2) is 5.43 Å². The lowest BCUT2D eigenvalue weighted by Crippen LogP contribution is -2.26. The van der Waals surface area contributed by atoms with E-state index in [4.69, 9.17) is 9.84 Å². The maximum atomic E-state index is 11.7. The number of anilines is 1. The fourth-order valence-corrected chi connectivity index (χ4v) is 1.74. The van der Waals surface area contributed by atoms with Gasteiger partial charge in [0.05, 0.1) is 25.6 Å². The maximum absolute atomic E-state index is 11.7. The first-order valence-electron chi connectivity index (χ1n) is 6.67. The van der Waals surface area contributed by atoms with Gasteiger partial charge in [-0.05, 0) is 42.0 Å². The number of hydrazone groups is 1. The van der Waals surface area contributed by atoms with Crippen molar-refractivity contribution in [3.63, 3.8) is 0 Å². The molecule has 0 fully saturated rings. The number of phenols is 1. The molecule has 0 unspecified atom stereocenters. The van der Waals surface area contributed by atoms with Gasteiger partial charge >= 0.3 is 0 Å². The van der Waals surface area contributed by atoms with Gasteiger partial charge in [-0.3, -0.25) is 4.79 Å². The molecule has 1 amide bonds. The molecule has 0 saturated heterocycles. The third kappa shape index (κ3) is 4.52. The Hall–Kier alpha value is -3.02. The summed E-state index contributed by atoms with van der Waals surface area (Å²) in [5.74, 6) is 0.575. The second-order valence-corrected chi connectivity index (χ2v) is 4.44. The van der Waals surface area contributed by atoms with E-state index in [0.717, 1.165) is 11.3 Å². The number of nitrogens with zero attached hydrogens (tertiary/aromatic N) is 1. The topological polar surface area (TPSA) is 83.0 Å². The molecule has 22 heavy (non-hydrogen) atoms. The Labute approximate surface area is 128 Å². The van der Waals surface area contributed by atoms with Crippen molar-refractivity contribution >= 4 is 17.8 Å². The highest BCUT2D eigenvalue weighted by molar-refractivity contribution is 5.84. The molecule has 0 aliphatic heterocycles. The largest absolute Gasteiger partial charge is 0.508 e. The van der Waals surface area contributed by atoms with Crippen LogP contribution in [0.1, 0.15) is 5.56 Å². The lowest BCUT2D eigenvalue weighted by atomic mass is 10.2. The number of aromatic hydroxyl groups is 1. The molecule has 6 heteroatoms. The minimum atomic E-state index is -0.277. The molecular formula is C16H17N3O3. The molecule has 2 rings (SSSR count). The molecule has 3 N–H and O–H groups in total. The number of amides is 1. The van der Waals surface area contributed by atoms with Crippen LogP contribution >= 0.6 is 0 Å². The average Bonchev–Trinajstić information content (AvgIpc) is 2.55. The van der Waals surface area contributed by atoms with Crippen LogP contribution < -0.4 is 15.5 Å². The van der Waals surface area contributed by atoms with Crippen molar-refractivity contribution in [3.05, 3.63) is 54.1 Å². The van der Waals surface area contributed by atoms with Gasteiger partial charge in [0.1, 0.15) is 11.5 Å². The van der Waals surface area contributed by atoms with Crippen molar-refractivity contribution < 1.29 is 14.6 Å². The van der Waals surface area contributed by atoms with E-state index in [1.54, 1.807) is 31.4 Å². The first-order valence-corrected chi connectivity index (χ1v) is 6.67. The summed E-state index contributed by atoms with van der Waals surface area (Å²) in [6.07, 6.45) is 1.50. The van der Waals surface area contributed by atoms with Gasteiger partial charge in [-0.15, -0.1) is 0 Å². The Morgan fingerprint density at radius 2 is 1.95 bits per heavy atom. The van der Waals surface area contributed by atoms with Crippen LogP contribution in [0.4, 0.5) is 5.69 Å². The molecule has 2 aromatic rings. The number of ether oxygens (including phenoxy) is 1. The molecule has 0 spiro atoms. The van der Waals surface area contributed by atoms with Crippen LogP contribution in [0.3, 0.4) is 0 Å². The third-order valence-corrected chi connectivity index (χ3v) is 2.84. The fourth-order valence-electron chi connectivity index (χ4n) is 1.74. The predicted molar refractivity (Wildman–Crippen MR) is 85.3 cm³/mol. The number of methoxy groups -OCH3 is 1. The maximum Gasteiger partial charge on any atom is 0.259 e. The van der Waals surface area contributed by atoms with Gasteiger partial charge in [0.25, 0.3) is 5.91 Å². The van der Waals surface area contributed by atoms with Crippen LogP contribution in [0.25, 0.3) is 0 Å². The van der Waals surface area contributed by atoms with Gasteiger partial charge in [-0.1, -0.05) is 12.1 Å². The summed E-state index contributed by atoms with van der Waals surface area (Å²) < 4.78 is 5.18. The molecule has 6 nitrogen and oxygen atoms in total. The van der Waals surface area contributed by atoms with Crippen LogP contribution in [0, 0.1) is 0 Å². The number of para-hydroxylation sites is 2. The Balaban J connectivity index is 1.82. The van der Waals surface area contributed by atoms with Gasteiger partial charge < -0.3 is 15.2 Å². The Kier molecular flexibility index (Phi) is 5.37. The van der Waals surface area contributed by atoms with Gasteiger partial charge in [0.15, 0.2) is 0 Å². The van der Waals surface area contributed by atoms with E-state index in [1.807, 2.05) is 24.3 Å². The van der Waals surface area contributed by atoms with Crippen LogP contribution in [0.5, 0.6) is 11.5 Å². The van der Waals surface area contributed by atoms with E-state index in [-0.39, 0.29) is 18.2 Å². The van der Waals surface area contributed by atoms with E-state index in [0.29, 0.717) is 5.75 Å². The zero-order chi connectivity index (χ0) is 15.8. The lowest BCUT2D eigenvalue weighted by Gasteiger charge is -2.09. The highest BCUT2D eigenvalue weighted by atomic mass is 16.5. The van der Waals surface area contributed by atoms with E-state index < -0.39 is 0 Å². The average molecular weight is 299 g/mol. The first-order chi connectivity index (χ1) is 10.7. The molecule has 2 aromatic carbocycles. The zero-order valence-electron chi connectivity index (χ0n) is 12.1. The van der Waals surface area contributed by atoms with E-state index in [2.05, 4.69) is 15.8 Å². The molecule has 0 atom stereocenters. The van der Waals surface area contributed by atoms with Crippen molar-refractivity contribution in [1.29, 1.82) is 0 Å². The second-order valence-electron chi connectivity index (χ2n) is 4.44. The summed E-state index contributed by atoms with van der Waals surface area (Å²) in [4.78, 5) is 11.7. The molecule has 0 aromatic heterocycles. The lowest BCUT2D eigenvalue weighted by molar-refractivity contribution is -0.119. The normalized spacial score (nSPS) is 10.4. The van der Waals surface area contributed by atoms with Crippen molar-refractivity contribution in [2.45, 2.75) is 0 Å². The fraction of sp³-hybridized carbons (Fsp3) is 0.125. The number of carbonyl (C=O) groups is 1. The minimum Gasteiger partial charge on any atom is -0.508 e. The third-order valence-electron chi connectivity index (χ3n) is 2.84. The molecule has 114 valence electrons. The summed E-state index contributed by atoms with van der Waals surface area (Å²) in [6.45, 7) is 0.0767. The van der Waals surface area contributed by atoms with E-state index in [9.17, 15) is 4.79 Å². The number of hydrogen-bond acceptors (Lipinski definition) is 5. The Bertz CT molecular complexity index is 654. The van der Waals surface area contributed by atoms with Crippen molar-refractivity contribution in [1.82, 2.24) is 5.43 Å². The quantitative estimate of drug-likeness (QED) is 0.562. The highest BCUT2D eigenvalue weighted by Crippen LogP contribution is 2.22. The number of hydrogen-bond donors (Lipinski definition) is 3. The first kappa shape index (κ1) is 15.4. The smallest absolute Gasteiger partial charge is 0.259 e. The van der Waals surface area contributed by atoms with E-state index in [1.165, 1.54) is 6.21 Å². The molecule has 0 saturated carbocycles. The van der Waals surface area contributed by atoms with Crippen molar-refractivity contribution in [2.24, 2.45) is 5.10 Å². The summed E-state index contributed by atoms with van der Waals surface area (Å²) in [7, 11) is 1.57. The molecule has 0 heterocycles. The number of rotatable bonds is 6. The van der Waals surface area contributed by atoms with Gasteiger partial charge in [0, 0.05) is 0 Å². The zero-order valence-corrected chi connectivity index (χ0v) is 12.1. The number of benzene rings is 2. The molecule has 0 bridgehead atoms. The predicted octanol–water partition coefficient (Wildman–Crippen LogP) is 1.96. The molecule has 0 aliphatic rings. The van der Waals surface area contributed by atoms with Crippen LogP contribution in [0.2, 0.25) is 0 Å². The molecule has 0 aliphatic carbocycles. The Morgan fingerprint density at radius 3 is 2.68 bits per heavy atom. The number of nitrogens with one attached hydrogen (secondary N) is 2. The molecular weight excluding hydrogens is 282 g/mol. The Morgan fingerprint density at radius 1 is 1.23 bits per heavy atom. The van der Waals surface area contributed by atoms with Gasteiger partial charge in [-0.2, -0.15) is 5.10 Å². The summed E-state index contributed by atoms with van der Waals surface area (Å²) in [6, 6.07) is 13.8. The SMILES string of the molecule is COc1ccccc1NCC(=O)N/N=C\c1ccc(O)cc1. The standard InChI is InChI=1S/C16H17N3O3/c1-22-15-5-3-2-4-14(15)17-11-16(21)19-18-10-12-6-8-13(20)9-7-12/h2-10,17,20H,11H2,1H3,(H,19,21)/b18-10-. The minimum absolute atomic E-state index is 0.0767. The molecule has 0 radical (unpaired) electrons. The summed E-state index contributed by atoms with van der Waals surface area (Å²) in [5, 5.41) is 16.0. The van der Waals surface area contributed by atoms with Crippen molar-refractivity contribution in [3.8, 4) is 11.5 Å². The second kappa shape index (κ2) is 7.68. The van der Waals surface area contributed by atoms with Crippen molar-refractivity contribution in [2.75, 3.05) is 19.0 Å². The van der Waals surface area contributed by atoms with Crippen LogP contribution in [-0.4, -0.2) is 30.9 Å². The van der Waals surface area contributed by atoms with Crippen LogP contribution in [-0.2, 0) is 4.79 Å². The van der Waals surface area contributed by atoms with E-state index >= 15 is 0 Å². The van der Waals surface area contributed by atoms with Crippen LogP contribution in [0.15, 0.2) is 53.6 Å². The summed E-state index contributed by atoms with van der Waals surface area (Å²) >= 11 is 0.